The molecule has 0 spiro atoms. The molecule has 0 bridgehead atoms. The second kappa shape index (κ2) is 8.57. The van der Waals surface area contributed by atoms with Gasteiger partial charge in [0, 0.05) is 12.3 Å². The lowest BCUT2D eigenvalue weighted by atomic mass is 9.84. The van der Waals surface area contributed by atoms with Gasteiger partial charge >= 0.3 is 0 Å². The van der Waals surface area contributed by atoms with Gasteiger partial charge in [-0.25, -0.2) is 0 Å². The molecule has 26 heavy (non-hydrogen) atoms. The number of benzene rings is 3. The van der Waals surface area contributed by atoms with Crippen molar-refractivity contribution in [3.05, 3.63) is 107 Å². The van der Waals surface area contributed by atoms with Gasteiger partial charge in [-0.3, -0.25) is 0 Å². The molecular weight excluding hydrogens is 334 g/mol. The zero-order valence-corrected chi connectivity index (χ0v) is 16.4. The molecule has 0 fully saturated rings. The summed E-state index contributed by atoms with van der Waals surface area (Å²) >= 11 is 1.96. The smallest absolute Gasteiger partial charge is 0.0697 e. The van der Waals surface area contributed by atoms with Gasteiger partial charge in [-0.05, 0) is 37.0 Å². The Hall–Kier alpha value is -2.03. The van der Waals surface area contributed by atoms with Gasteiger partial charge in [0.05, 0.1) is 4.75 Å². The summed E-state index contributed by atoms with van der Waals surface area (Å²) in [6, 6.07) is 28.7. The minimum atomic E-state index is -0.137. The Morgan fingerprint density at radius 2 is 1.23 bits per heavy atom. The fourth-order valence-corrected chi connectivity index (χ4v) is 4.69. The summed E-state index contributed by atoms with van der Waals surface area (Å²) in [5.74, 6) is 0.925. The minimum Gasteiger partial charge on any atom is -0.330 e. The zero-order chi connectivity index (χ0) is 18.4. The van der Waals surface area contributed by atoms with E-state index in [-0.39, 0.29) is 4.75 Å². The number of aryl methyl sites for hydroxylation is 2. The maximum atomic E-state index is 5.91. The van der Waals surface area contributed by atoms with Gasteiger partial charge in [-0.15, -0.1) is 11.8 Å². The first kappa shape index (κ1) is 18.8. The highest BCUT2D eigenvalue weighted by molar-refractivity contribution is 8.00. The van der Waals surface area contributed by atoms with Gasteiger partial charge in [0.1, 0.15) is 0 Å². The Labute approximate surface area is 161 Å². The monoisotopic (exact) mass is 361 g/mol. The van der Waals surface area contributed by atoms with E-state index in [1.54, 1.807) is 0 Å². The van der Waals surface area contributed by atoms with Crippen molar-refractivity contribution >= 4 is 11.8 Å². The van der Waals surface area contributed by atoms with E-state index < -0.39 is 0 Å². The molecule has 0 saturated carbocycles. The van der Waals surface area contributed by atoms with Gasteiger partial charge in [0.2, 0.25) is 0 Å². The average molecular weight is 362 g/mol. The molecule has 0 aromatic heterocycles. The lowest BCUT2D eigenvalue weighted by Gasteiger charge is -2.35. The topological polar surface area (TPSA) is 26.0 Å². The van der Waals surface area contributed by atoms with Crippen molar-refractivity contribution in [2.75, 3.05) is 12.3 Å². The number of hydrogen-bond donors (Lipinski definition) is 1. The largest absolute Gasteiger partial charge is 0.330 e. The minimum absolute atomic E-state index is 0.137. The van der Waals surface area contributed by atoms with Gasteiger partial charge in [-0.1, -0.05) is 90.0 Å². The van der Waals surface area contributed by atoms with Crippen LogP contribution in [0.2, 0.25) is 0 Å². The molecule has 1 nitrogen and oxygen atoms in total. The second-order valence-electron chi connectivity index (χ2n) is 6.86. The summed E-state index contributed by atoms with van der Waals surface area (Å²) < 4.78 is -0.137. The van der Waals surface area contributed by atoms with Crippen molar-refractivity contribution in [1.29, 1.82) is 0 Å². The summed E-state index contributed by atoms with van der Waals surface area (Å²) in [7, 11) is 0. The first-order chi connectivity index (χ1) is 12.6. The van der Waals surface area contributed by atoms with Crippen LogP contribution in [0.3, 0.4) is 0 Å². The standard InChI is InChI=1S/C24H27NS/c1-19-8-12-22(13-9-19)24(26-17-16-25,18-21-6-4-3-5-7-21)23-14-10-20(2)11-15-23/h3-15H,16-18,25H2,1-2H3. The van der Waals surface area contributed by atoms with Crippen LogP contribution in [0.15, 0.2) is 78.9 Å². The number of thioether (sulfide) groups is 1. The number of rotatable bonds is 7. The van der Waals surface area contributed by atoms with E-state index in [9.17, 15) is 0 Å². The summed E-state index contributed by atoms with van der Waals surface area (Å²) in [6.45, 7) is 4.96. The predicted octanol–water partition coefficient (Wildman–Crippen LogP) is 5.48. The van der Waals surface area contributed by atoms with Crippen molar-refractivity contribution in [3.63, 3.8) is 0 Å². The Bertz CT molecular complexity index is 762. The molecule has 134 valence electrons. The Balaban J connectivity index is 2.15. The summed E-state index contributed by atoms with van der Waals surface area (Å²) in [5, 5.41) is 0. The summed E-state index contributed by atoms with van der Waals surface area (Å²) in [4.78, 5) is 0. The fraction of sp³-hybridized carbons (Fsp3) is 0.250. The van der Waals surface area contributed by atoms with Crippen molar-refractivity contribution in [3.8, 4) is 0 Å². The van der Waals surface area contributed by atoms with Crippen LogP contribution in [0.1, 0.15) is 27.8 Å². The van der Waals surface area contributed by atoms with Gasteiger partial charge in [0.15, 0.2) is 0 Å². The zero-order valence-electron chi connectivity index (χ0n) is 15.6. The van der Waals surface area contributed by atoms with E-state index >= 15 is 0 Å². The van der Waals surface area contributed by atoms with Crippen molar-refractivity contribution < 1.29 is 0 Å². The Morgan fingerprint density at radius 3 is 1.69 bits per heavy atom. The van der Waals surface area contributed by atoms with Crippen LogP contribution in [-0.4, -0.2) is 12.3 Å². The van der Waals surface area contributed by atoms with Crippen LogP contribution in [0.4, 0.5) is 0 Å². The van der Waals surface area contributed by atoms with Crippen LogP contribution in [0.5, 0.6) is 0 Å². The normalized spacial score (nSPS) is 11.5. The maximum absolute atomic E-state index is 5.91. The number of hydrogen-bond acceptors (Lipinski definition) is 2. The van der Waals surface area contributed by atoms with E-state index in [0.717, 1.165) is 12.2 Å². The Morgan fingerprint density at radius 1 is 0.731 bits per heavy atom. The molecule has 2 N–H and O–H groups in total. The summed E-state index contributed by atoms with van der Waals surface area (Å²) in [5.41, 5.74) is 12.5. The van der Waals surface area contributed by atoms with E-state index in [0.29, 0.717) is 6.54 Å². The molecule has 0 aliphatic heterocycles. The highest BCUT2D eigenvalue weighted by Gasteiger charge is 2.35. The van der Waals surface area contributed by atoms with E-state index in [1.807, 2.05) is 11.8 Å². The molecule has 0 heterocycles. The molecule has 0 radical (unpaired) electrons. The molecule has 3 aromatic rings. The fourth-order valence-electron chi connectivity index (χ4n) is 3.35. The van der Waals surface area contributed by atoms with Crippen LogP contribution in [0.25, 0.3) is 0 Å². The molecule has 2 heteroatoms. The van der Waals surface area contributed by atoms with E-state index in [4.69, 9.17) is 5.73 Å². The predicted molar refractivity (Wildman–Crippen MR) is 115 cm³/mol. The third-order valence-corrected chi connectivity index (χ3v) is 6.35. The van der Waals surface area contributed by atoms with E-state index in [1.165, 1.54) is 27.8 Å². The lowest BCUT2D eigenvalue weighted by Crippen LogP contribution is -2.28. The van der Waals surface area contributed by atoms with Crippen molar-refractivity contribution in [1.82, 2.24) is 0 Å². The molecule has 0 atom stereocenters. The molecular formula is C24H27NS. The van der Waals surface area contributed by atoms with Gasteiger partial charge in [0.25, 0.3) is 0 Å². The lowest BCUT2D eigenvalue weighted by molar-refractivity contribution is 0.733. The highest BCUT2D eigenvalue weighted by atomic mass is 32.2. The molecule has 0 saturated heterocycles. The molecule has 3 aromatic carbocycles. The summed E-state index contributed by atoms with van der Waals surface area (Å²) in [6.07, 6.45) is 0.949. The van der Waals surface area contributed by atoms with E-state index in [2.05, 4.69) is 92.7 Å². The van der Waals surface area contributed by atoms with Gasteiger partial charge in [-0.2, -0.15) is 0 Å². The van der Waals surface area contributed by atoms with Crippen LogP contribution in [0, 0.1) is 13.8 Å². The molecule has 0 aliphatic rings. The third kappa shape index (κ3) is 4.20. The molecule has 0 amide bonds. The quantitative estimate of drug-likeness (QED) is 0.603. The third-order valence-electron chi connectivity index (χ3n) is 4.80. The van der Waals surface area contributed by atoms with Gasteiger partial charge < -0.3 is 5.73 Å². The second-order valence-corrected chi connectivity index (χ2v) is 8.25. The molecule has 0 aliphatic carbocycles. The Kier molecular flexibility index (Phi) is 6.18. The first-order valence-electron chi connectivity index (χ1n) is 9.16. The van der Waals surface area contributed by atoms with Crippen molar-refractivity contribution in [2.24, 2.45) is 5.73 Å². The first-order valence-corrected chi connectivity index (χ1v) is 10.1. The molecule has 0 unspecified atom stereocenters. The van der Waals surface area contributed by atoms with Crippen LogP contribution >= 0.6 is 11.8 Å². The maximum Gasteiger partial charge on any atom is 0.0697 e. The average Bonchev–Trinajstić information content (AvgIpc) is 2.67. The SMILES string of the molecule is Cc1ccc(C(Cc2ccccc2)(SCCN)c2ccc(C)cc2)cc1. The molecule has 3 rings (SSSR count). The van der Waals surface area contributed by atoms with Crippen LogP contribution < -0.4 is 5.73 Å². The highest BCUT2D eigenvalue weighted by Crippen LogP contribution is 2.45. The number of nitrogens with two attached hydrogens (primary N) is 1. The van der Waals surface area contributed by atoms with Crippen LogP contribution in [-0.2, 0) is 11.2 Å². The van der Waals surface area contributed by atoms with Crippen molar-refractivity contribution in [2.45, 2.75) is 25.0 Å².